The minimum Gasteiger partial charge on any atom is -0.300 e. The molecule has 262 valence electrons. The molecular weight excluding hydrogens is 556 g/mol. The molecule has 3 atom stereocenters. The van der Waals surface area contributed by atoms with Gasteiger partial charge in [-0.05, 0) is 85.4 Å². The Labute approximate surface area is 279 Å². The van der Waals surface area contributed by atoms with Gasteiger partial charge in [-0.25, -0.2) is 0 Å². The van der Waals surface area contributed by atoms with Gasteiger partial charge in [0.1, 0.15) is 23.1 Å². The Morgan fingerprint density at radius 3 is 1.36 bits per heavy atom. The molecule has 0 aliphatic heterocycles. The zero-order chi connectivity index (χ0) is 34.4. The predicted octanol–water partition coefficient (Wildman–Crippen LogP) is 11.6. The van der Waals surface area contributed by atoms with Crippen LogP contribution in [0.2, 0.25) is 0 Å². The van der Waals surface area contributed by atoms with Crippen LogP contribution in [-0.2, 0) is 19.2 Å². The summed E-state index contributed by atoms with van der Waals surface area (Å²) < 4.78 is 0. The monoisotopic (exact) mass is 631 g/mol. The topological polar surface area (TPSA) is 68.3 Å². The highest BCUT2D eigenvalue weighted by Crippen LogP contribution is 2.39. The number of hydrogen-bond acceptors (Lipinski definition) is 4. The van der Waals surface area contributed by atoms with E-state index in [-0.39, 0.29) is 5.41 Å². The van der Waals surface area contributed by atoms with Gasteiger partial charge in [0.25, 0.3) is 0 Å². The summed E-state index contributed by atoms with van der Waals surface area (Å²) in [4.78, 5) is 44.8. The first-order chi connectivity index (χ1) is 20.8. The molecule has 0 aromatic rings. The van der Waals surface area contributed by atoms with Gasteiger partial charge in [-0.2, -0.15) is 0 Å². The van der Waals surface area contributed by atoms with Gasteiger partial charge in [0, 0.05) is 50.4 Å². The number of Topliss-reactive ketones (excluding diaryl/α,β-unsaturated/α-hetero) is 4. The molecular formula is C41H74O4. The van der Waals surface area contributed by atoms with Crippen LogP contribution >= 0.6 is 0 Å². The van der Waals surface area contributed by atoms with Crippen LogP contribution in [0.3, 0.4) is 0 Å². The van der Waals surface area contributed by atoms with Crippen molar-refractivity contribution in [1.29, 1.82) is 0 Å². The molecule has 4 rings (SSSR count). The maximum atomic E-state index is 11.4. The van der Waals surface area contributed by atoms with E-state index < -0.39 is 0 Å². The Balaban J connectivity index is 0.000000300. The van der Waals surface area contributed by atoms with Gasteiger partial charge in [0.05, 0.1) is 0 Å². The summed E-state index contributed by atoms with van der Waals surface area (Å²) in [6.45, 7) is 24.6. The van der Waals surface area contributed by atoms with Gasteiger partial charge < -0.3 is 0 Å². The Morgan fingerprint density at radius 1 is 0.556 bits per heavy atom. The molecule has 4 aliphatic carbocycles. The molecule has 4 nitrogen and oxygen atoms in total. The fourth-order valence-electron chi connectivity index (χ4n) is 7.61. The Hall–Kier alpha value is -1.32. The largest absolute Gasteiger partial charge is 0.300 e. The zero-order valence-electron chi connectivity index (χ0n) is 31.7. The second-order valence-electron chi connectivity index (χ2n) is 17.7. The van der Waals surface area contributed by atoms with Gasteiger partial charge in [0.15, 0.2) is 0 Å². The van der Waals surface area contributed by atoms with Gasteiger partial charge in [-0.15, -0.1) is 0 Å². The van der Waals surface area contributed by atoms with Crippen molar-refractivity contribution in [3.63, 3.8) is 0 Å². The van der Waals surface area contributed by atoms with E-state index in [1.807, 2.05) is 0 Å². The summed E-state index contributed by atoms with van der Waals surface area (Å²) >= 11 is 0. The standard InChI is InChI=1S/C11H20O.3C10H18O/c1-4-11(2,3)9-5-7-10(12)8-6-9;1-10(2,3)8-4-6-9(11)7-5-8;1-10(2,3)8-6-4-5-7-9(8)11;1-3-8(2)9-6-4-5-7-10(9)11/h9H,4-8H2,1-3H3;2*8H,4-7H2,1-3H3;8-9H,3-7H2,1-2H3. The molecule has 4 fully saturated rings. The molecule has 0 N–H and O–H groups in total. The molecule has 4 saturated carbocycles. The number of rotatable bonds is 4. The van der Waals surface area contributed by atoms with Gasteiger partial charge in [-0.1, -0.05) is 102 Å². The molecule has 3 unspecified atom stereocenters. The summed E-state index contributed by atoms with van der Waals surface area (Å²) in [5, 5.41) is 0. The highest BCUT2D eigenvalue weighted by atomic mass is 16.1. The molecule has 4 heteroatoms. The number of carbonyl (C=O) groups is 4. The van der Waals surface area contributed by atoms with E-state index in [2.05, 4.69) is 76.2 Å². The lowest BCUT2D eigenvalue weighted by atomic mass is 9.69. The fraction of sp³-hybridized carbons (Fsp3) is 0.902. The lowest BCUT2D eigenvalue weighted by Gasteiger charge is -2.35. The summed E-state index contributed by atoms with van der Waals surface area (Å²) in [5.41, 5.74) is 1.04. The minimum atomic E-state index is 0.192. The second kappa shape index (κ2) is 19.5. The van der Waals surface area contributed by atoms with Crippen LogP contribution in [0.1, 0.15) is 192 Å². The first-order valence-electron chi connectivity index (χ1n) is 18.9. The van der Waals surface area contributed by atoms with Crippen molar-refractivity contribution >= 4 is 23.1 Å². The number of ketones is 4. The SMILES string of the molecule is CC(C)(C)C1CCC(=O)CC1.CC(C)(C)C1CCCCC1=O.CCC(C)(C)C1CCC(=O)CC1.CCC(C)C1CCCCC1=O. The third-order valence-electron chi connectivity index (χ3n) is 11.9. The molecule has 0 spiro atoms. The highest BCUT2D eigenvalue weighted by Gasteiger charge is 2.33. The summed E-state index contributed by atoms with van der Waals surface area (Å²) in [5.74, 6) is 4.83. The quantitative estimate of drug-likeness (QED) is 0.310. The van der Waals surface area contributed by atoms with Crippen LogP contribution in [0.5, 0.6) is 0 Å². The molecule has 0 bridgehead atoms. The maximum absolute atomic E-state index is 11.4. The Bertz CT molecular complexity index is 895. The zero-order valence-corrected chi connectivity index (χ0v) is 31.7. The lowest BCUT2D eigenvalue weighted by molar-refractivity contribution is -0.128. The molecule has 4 aliphatic rings. The van der Waals surface area contributed by atoms with E-state index in [4.69, 9.17) is 0 Å². The average molecular weight is 631 g/mol. The van der Waals surface area contributed by atoms with Crippen LogP contribution in [-0.4, -0.2) is 23.1 Å². The lowest BCUT2D eigenvalue weighted by Crippen LogP contribution is -2.30. The van der Waals surface area contributed by atoms with Crippen molar-refractivity contribution in [3.8, 4) is 0 Å². The van der Waals surface area contributed by atoms with Gasteiger partial charge in [-0.3, -0.25) is 19.2 Å². The van der Waals surface area contributed by atoms with E-state index in [0.29, 0.717) is 51.7 Å². The summed E-state index contributed by atoms with van der Waals surface area (Å²) in [6.07, 6.45) is 18.8. The molecule has 0 radical (unpaired) electrons. The van der Waals surface area contributed by atoms with E-state index in [0.717, 1.165) is 108 Å². The summed E-state index contributed by atoms with van der Waals surface area (Å²) in [7, 11) is 0. The summed E-state index contributed by atoms with van der Waals surface area (Å²) in [6, 6.07) is 0. The van der Waals surface area contributed by atoms with E-state index in [1.54, 1.807) is 0 Å². The molecule has 45 heavy (non-hydrogen) atoms. The normalized spacial score (nSPS) is 24.8. The Morgan fingerprint density at radius 2 is 1.00 bits per heavy atom. The van der Waals surface area contributed by atoms with E-state index >= 15 is 0 Å². The van der Waals surface area contributed by atoms with E-state index in [9.17, 15) is 19.2 Å². The second-order valence-corrected chi connectivity index (χ2v) is 17.7. The minimum absolute atomic E-state index is 0.192. The number of hydrogen-bond donors (Lipinski definition) is 0. The number of carbonyl (C=O) groups excluding carboxylic acids is 4. The fourth-order valence-corrected chi connectivity index (χ4v) is 7.61. The third-order valence-corrected chi connectivity index (χ3v) is 11.9. The van der Waals surface area contributed by atoms with Crippen LogP contribution in [0.4, 0.5) is 0 Å². The average Bonchev–Trinajstić information content (AvgIpc) is 2.98. The van der Waals surface area contributed by atoms with Crippen LogP contribution < -0.4 is 0 Å². The molecule has 0 heterocycles. The predicted molar refractivity (Wildman–Crippen MR) is 190 cm³/mol. The maximum Gasteiger partial charge on any atom is 0.136 e. The molecule has 0 saturated heterocycles. The smallest absolute Gasteiger partial charge is 0.136 e. The van der Waals surface area contributed by atoms with Crippen molar-refractivity contribution in [2.24, 2.45) is 45.8 Å². The molecule has 0 aromatic heterocycles. The van der Waals surface area contributed by atoms with Crippen LogP contribution in [0.15, 0.2) is 0 Å². The third kappa shape index (κ3) is 15.4. The highest BCUT2D eigenvalue weighted by molar-refractivity contribution is 5.82. The first kappa shape index (κ1) is 41.7. The van der Waals surface area contributed by atoms with Crippen molar-refractivity contribution in [2.75, 3.05) is 0 Å². The molecule has 0 amide bonds. The van der Waals surface area contributed by atoms with E-state index in [1.165, 1.54) is 19.3 Å². The van der Waals surface area contributed by atoms with Gasteiger partial charge >= 0.3 is 0 Å². The Kier molecular flexibility index (Phi) is 18.1. The van der Waals surface area contributed by atoms with Crippen molar-refractivity contribution in [1.82, 2.24) is 0 Å². The molecule has 0 aromatic carbocycles. The first-order valence-corrected chi connectivity index (χ1v) is 18.9. The van der Waals surface area contributed by atoms with Crippen molar-refractivity contribution < 1.29 is 19.2 Å². The van der Waals surface area contributed by atoms with Crippen molar-refractivity contribution in [3.05, 3.63) is 0 Å². The van der Waals surface area contributed by atoms with Crippen LogP contribution in [0, 0.1) is 45.8 Å². The van der Waals surface area contributed by atoms with Gasteiger partial charge in [0.2, 0.25) is 0 Å². The van der Waals surface area contributed by atoms with Crippen LogP contribution in [0.25, 0.3) is 0 Å². The van der Waals surface area contributed by atoms with Crippen molar-refractivity contribution in [2.45, 2.75) is 192 Å².